The first-order chi connectivity index (χ1) is 7.18. The average Bonchev–Trinajstić information content (AvgIpc) is 2.74. The molecule has 4 nitrogen and oxygen atoms in total. The molecule has 0 aromatic carbocycles. The number of likely N-dealkylation sites (tertiary alicyclic amines) is 1. The molecule has 0 bridgehead atoms. The number of ether oxygens (including phenoxy) is 1. The second-order valence-electron chi connectivity index (χ2n) is 4.72. The molecular weight excluding hydrogens is 228 g/mol. The lowest BCUT2D eigenvalue weighted by Gasteiger charge is -2.36. The van der Waals surface area contributed by atoms with Gasteiger partial charge in [-0.25, -0.2) is 0 Å². The van der Waals surface area contributed by atoms with Gasteiger partial charge in [0.1, 0.15) is 6.10 Å². The molecule has 0 aromatic heterocycles. The molecule has 2 rings (SSSR count). The molecule has 94 valence electrons. The monoisotopic (exact) mass is 248 g/mol. The predicted molar refractivity (Wildman–Crippen MR) is 64.6 cm³/mol. The van der Waals surface area contributed by atoms with Gasteiger partial charge in [-0.3, -0.25) is 4.79 Å². The third kappa shape index (κ3) is 2.87. The summed E-state index contributed by atoms with van der Waals surface area (Å²) in [6, 6.07) is 0.249. The Labute approximate surface area is 103 Å². The molecule has 2 heterocycles. The topological polar surface area (TPSA) is 55.6 Å². The van der Waals surface area contributed by atoms with Crippen LogP contribution in [0, 0.1) is 5.92 Å². The number of rotatable bonds is 1. The van der Waals surface area contributed by atoms with Crippen LogP contribution in [0.4, 0.5) is 0 Å². The van der Waals surface area contributed by atoms with E-state index in [4.69, 9.17) is 10.5 Å². The zero-order valence-corrected chi connectivity index (χ0v) is 10.5. The van der Waals surface area contributed by atoms with Gasteiger partial charge in [0.2, 0.25) is 0 Å². The molecule has 0 radical (unpaired) electrons. The van der Waals surface area contributed by atoms with Crippen molar-refractivity contribution in [3.8, 4) is 0 Å². The van der Waals surface area contributed by atoms with Crippen molar-refractivity contribution in [2.45, 2.75) is 38.3 Å². The van der Waals surface area contributed by atoms with Crippen LogP contribution in [0.5, 0.6) is 0 Å². The number of carbonyl (C=O) groups excluding carboxylic acids is 1. The van der Waals surface area contributed by atoms with Crippen LogP contribution in [-0.2, 0) is 9.53 Å². The van der Waals surface area contributed by atoms with Gasteiger partial charge in [-0.2, -0.15) is 0 Å². The van der Waals surface area contributed by atoms with E-state index in [0.717, 1.165) is 39.0 Å². The Morgan fingerprint density at radius 1 is 1.44 bits per heavy atom. The first kappa shape index (κ1) is 13.7. The van der Waals surface area contributed by atoms with Gasteiger partial charge in [-0.15, -0.1) is 12.4 Å². The van der Waals surface area contributed by atoms with Gasteiger partial charge in [0.15, 0.2) is 0 Å². The quantitative estimate of drug-likeness (QED) is 0.746. The minimum absolute atomic E-state index is 0. The van der Waals surface area contributed by atoms with Crippen LogP contribution in [0.2, 0.25) is 0 Å². The van der Waals surface area contributed by atoms with Gasteiger partial charge in [0.25, 0.3) is 5.91 Å². The van der Waals surface area contributed by atoms with Gasteiger partial charge < -0.3 is 15.4 Å². The predicted octanol–water partition coefficient (Wildman–Crippen LogP) is 0.783. The standard InChI is InChI=1S/C11H20N2O2.ClH/c1-8-7-13(5-4-9(8)12)11(14)10-3-2-6-15-10;/h8-10H,2-7,12H2,1H3;1H. The first-order valence-corrected chi connectivity index (χ1v) is 5.84. The first-order valence-electron chi connectivity index (χ1n) is 5.84. The number of nitrogens with two attached hydrogens (primary N) is 1. The summed E-state index contributed by atoms with van der Waals surface area (Å²) < 4.78 is 5.41. The van der Waals surface area contributed by atoms with E-state index in [1.807, 2.05) is 4.90 Å². The highest BCUT2D eigenvalue weighted by molar-refractivity contribution is 5.85. The van der Waals surface area contributed by atoms with Crippen molar-refractivity contribution >= 4 is 18.3 Å². The summed E-state index contributed by atoms with van der Waals surface area (Å²) in [6.45, 7) is 4.43. The van der Waals surface area contributed by atoms with Crippen LogP contribution in [0.25, 0.3) is 0 Å². The summed E-state index contributed by atoms with van der Waals surface area (Å²) in [5.74, 6) is 0.579. The highest BCUT2D eigenvalue weighted by Gasteiger charge is 2.32. The molecule has 0 aromatic rings. The number of amides is 1. The van der Waals surface area contributed by atoms with E-state index in [-0.39, 0.29) is 30.5 Å². The van der Waals surface area contributed by atoms with Crippen LogP contribution < -0.4 is 5.73 Å². The maximum Gasteiger partial charge on any atom is 0.251 e. The van der Waals surface area contributed by atoms with Crippen molar-refractivity contribution in [2.75, 3.05) is 19.7 Å². The van der Waals surface area contributed by atoms with Crippen molar-refractivity contribution in [2.24, 2.45) is 11.7 Å². The molecule has 2 N–H and O–H groups in total. The molecule has 0 saturated carbocycles. The van der Waals surface area contributed by atoms with E-state index in [2.05, 4.69) is 6.92 Å². The second-order valence-corrected chi connectivity index (χ2v) is 4.72. The molecule has 2 fully saturated rings. The molecule has 0 spiro atoms. The summed E-state index contributed by atoms with van der Waals surface area (Å²) in [4.78, 5) is 13.9. The maximum atomic E-state index is 12.0. The Hall–Kier alpha value is -0.320. The average molecular weight is 249 g/mol. The molecule has 2 aliphatic heterocycles. The van der Waals surface area contributed by atoms with E-state index in [9.17, 15) is 4.79 Å². The van der Waals surface area contributed by atoms with E-state index < -0.39 is 0 Å². The summed E-state index contributed by atoms with van der Waals surface area (Å²) in [6.07, 6.45) is 2.64. The summed E-state index contributed by atoms with van der Waals surface area (Å²) in [7, 11) is 0. The van der Waals surface area contributed by atoms with Crippen LogP contribution in [0.1, 0.15) is 26.2 Å². The fourth-order valence-electron chi connectivity index (χ4n) is 2.34. The van der Waals surface area contributed by atoms with Gasteiger partial charge in [-0.05, 0) is 25.2 Å². The minimum atomic E-state index is -0.175. The van der Waals surface area contributed by atoms with E-state index >= 15 is 0 Å². The summed E-state index contributed by atoms with van der Waals surface area (Å²) in [5, 5.41) is 0. The van der Waals surface area contributed by atoms with E-state index in [1.54, 1.807) is 0 Å². The fraction of sp³-hybridized carbons (Fsp3) is 0.909. The van der Waals surface area contributed by atoms with Gasteiger partial charge in [-0.1, -0.05) is 6.92 Å². The third-order valence-electron chi connectivity index (χ3n) is 3.49. The Morgan fingerprint density at radius 2 is 2.19 bits per heavy atom. The highest BCUT2D eigenvalue weighted by atomic mass is 35.5. The fourth-order valence-corrected chi connectivity index (χ4v) is 2.34. The Balaban J connectivity index is 0.00000128. The van der Waals surface area contributed by atoms with E-state index in [0.29, 0.717) is 5.92 Å². The summed E-state index contributed by atoms with van der Waals surface area (Å²) >= 11 is 0. The number of piperidine rings is 1. The molecular formula is C11H21ClN2O2. The van der Waals surface area contributed by atoms with Crippen molar-refractivity contribution in [1.82, 2.24) is 4.90 Å². The Morgan fingerprint density at radius 3 is 2.75 bits per heavy atom. The van der Waals surface area contributed by atoms with Gasteiger partial charge >= 0.3 is 0 Å². The lowest BCUT2D eigenvalue weighted by atomic mass is 9.94. The largest absolute Gasteiger partial charge is 0.368 e. The lowest BCUT2D eigenvalue weighted by molar-refractivity contribution is -0.142. The Kier molecular flexibility index (Phi) is 5.02. The van der Waals surface area contributed by atoms with Crippen LogP contribution in [0.15, 0.2) is 0 Å². The molecule has 2 aliphatic rings. The minimum Gasteiger partial charge on any atom is -0.368 e. The van der Waals surface area contributed by atoms with Crippen molar-refractivity contribution in [1.29, 1.82) is 0 Å². The number of hydrogen-bond acceptors (Lipinski definition) is 3. The van der Waals surface area contributed by atoms with Gasteiger partial charge in [0.05, 0.1) is 0 Å². The molecule has 3 atom stereocenters. The molecule has 16 heavy (non-hydrogen) atoms. The van der Waals surface area contributed by atoms with Gasteiger partial charge in [0, 0.05) is 25.7 Å². The summed E-state index contributed by atoms with van der Waals surface area (Å²) in [5.41, 5.74) is 5.92. The highest BCUT2D eigenvalue weighted by Crippen LogP contribution is 2.20. The smallest absolute Gasteiger partial charge is 0.251 e. The van der Waals surface area contributed by atoms with Crippen molar-refractivity contribution in [3.05, 3.63) is 0 Å². The number of carbonyl (C=O) groups is 1. The molecule has 3 unspecified atom stereocenters. The zero-order valence-electron chi connectivity index (χ0n) is 9.72. The van der Waals surface area contributed by atoms with Crippen LogP contribution in [0.3, 0.4) is 0 Å². The SMILES string of the molecule is CC1CN(C(=O)C2CCCO2)CCC1N.Cl. The number of nitrogens with zero attached hydrogens (tertiary/aromatic N) is 1. The zero-order chi connectivity index (χ0) is 10.8. The normalized spacial score (nSPS) is 34.6. The number of hydrogen-bond donors (Lipinski definition) is 1. The molecule has 2 saturated heterocycles. The third-order valence-corrected chi connectivity index (χ3v) is 3.49. The maximum absolute atomic E-state index is 12.0. The molecule has 0 aliphatic carbocycles. The van der Waals surface area contributed by atoms with Crippen molar-refractivity contribution < 1.29 is 9.53 Å². The van der Waals surface area contributed by atoms with Crippen molar-refractivity contribution in [3.63, 3.8) is 0 Å². The second kappa shape index (κ2) is 5.84. The molecule has 5 heteroatoms. The molecule has 1 amide bonds. The Bertz CT molecular complexity index is 244. The van der Waals surface area contributed by atoms with Crippen LogP contribution >= 0.6 is 12.4 Å². The van der Waals surface area contributed by atoms with Crippen LogP contribution in [-0.4, -0.2) is 42.6 Å². The lowest BCUT2D eigenvalue weighted by Crippen LogP contribution is -2.50. The number of halogens is 1. The van der Waals surface area contributed by atoms with E-state index in [1.165, 1.54) is 0 Å².